The second kappa shape index (κ2) is 4.22. The lowest BCUT2D eigenvalue weighted by Crippen LogP contribution is -2.42. The van der Waals surface area contributed by atoms with Crippen LogP contribution in [0.2, 0.25) is 0 Å². The first-order chi connectivity index (χ1) is 7.98. The Hall–Kier alpha value is -1.23. The molecular weight excluding hydrogens is 216 g/mol. The number of aromatic nitrogens is 2. The van der Waals surface area contributed by atoms with E-state index in [1.807, 2.05) is 11.7 Å². The molecule has 0 bridgehead atoms. The van der Waals surface area contributed by atoms with Crippen LogP contribution in [0.5, 0.6) is 0 Å². The Bertz CT molecular complexity index is 415. The van der Waals surface area contributed by atoms with E-state index in [1.54, 1.807) is 0 Å². The molecule has 5 nitrogen and oxygen atoms in total. The van der Waals surface area contributed by atoms with Crippen LogP contribution in [0.25, 0.3) is 0 Å². The highest BCUT2D eigenvalue weighted by molar-refractivity contribution is 5.66. The maximum Gasteiger partial charge on any atom is 0.148 e. The van der Waals surface area contributed by atoms with Gasteiger partial charge < -0.3 is 15.8 Å². The van der Waals surface area contributed by atoms with Crippen molar-refractivity contribution in [3.8, 4) is 0 Å². The maximum atomic E-state index is 6.11. The van der Waals surface area contributed by atoms with Gasteiger partial charge in [0.2, 0.25) is 0 Å². The SMILES string of the molecule is CCc1nn(C)c(NC2(C)CCOC2C)c1N. The molecule has 1 aliphatic heterocycles. The van der Waals surface area contributed by atoms with Gasteiger partial charge in [0.1, 0.15) is 5.82 Å². The third-order valence-corrected chi connectivity index (χ3v) is 3.79. The number of aryl methyl sites for hydroxylation is 2. The normalized spacial score (nSPS) is 28.6. The van der Waals surface area contributed by atoms with Crippen molar-refractivity contribution in [2.24, 2.45) is 7.05 Å². The molecule has 2 atom stereocenters. The number of hydrogen-bond acceptors (Lipinski definition) is 4. The van der Waals surface area contributed by atoms with Crippen LogP contribution in [-0.2, 0) is 18.2 Å². The summed E-state index contributed by atoms with van der Waals surface area (Å²) in [7, 11) is 1.92. The molecule has 1 saturated heterocycles. The van der Waals surface area contributed by atoms with E-state index < -0.39 is 0 Å². The quantitative estimate of drug-likeness (QED) is 0.838. The molecule has 0 aliphatic carbocycles. The van der Waals surface area contributed by atoms with E-state index >= 15 is 0 Å². The van der Waals surface area contributed by atoms with Gasteiger partial charge in [0.15, 0.2) is 0 Å². The smallest absolute Gasteiger partial charge is 0.148 e. The number of nitrogens with two attached hydrogens (primary N) is 1. The molecule has 0 amide bonds. The third kappa shape index (κ3) is 1.99. The number of anilines is 2. The van der Waals surface area contributed by atoms with Crippen molar-refractivity contribution in [3.05, 3.63) is 5.69 Å². The molecule has 17 heavy (non-hydrogen) atoms. The van der Waals surface area contributed by atoms with Crippen molar-refractivity contribution in [3.63, 3.8) is 0 Å². The Balaban J connectivity index is 2.27. The van der Waals surface area contributed by atoms with Crippen LogP contribution in [0, 0.1) is 0 Å². The summed E-state index contributed by atoms with van der Waals surface area (Å²) < 4.78 is 7.44. The molecule has 2 heterocycles. The minimum absolute atomic E-state index is 0.0626. The maximum absolute atomic E-state index is 6.11. The Morgan fingerprint density at radius 2 is 2.35 bits per heavy atom. The number of hydrogen-bond donors (Lipinski definition) is 2. The van der Waals surface area contributed by atoms with E-state index in [9.17, 15) is 0 Å². The first-order valence-electron chi connectivity index (χ1n) is 6.19. The van der Waals surface area contributed by atoms with Crippen LogP contribution in [-0.4, -0.2) is 28.0 Å². The summed E-state index contributed by atoms with van der Waals surface area (Å²) in [5.41, 5.74) is 7.76. The van der Waals surface area contributed by atoms with Gasteiger partial charge in [0.05, 0.1) is 23.0 Å². The van der Waals surface area contributed by atoms with E-state index in [4.69, 9.17) is 10.5 Å². The molecule has 1 aromatic rings. The largest absolute Gasteiger partial charge is 0.394 e. The first-order valence-corrected chi connectivity index (χ1v) is 6.19. The van der Waals surface area contributed by atoms with E-state index in [-0.39, 0.29) is 11.6 Å². The zero-order valence-electron chi connectivity index (χ0n) is 11.1. The van der Waals surface area contributed by atoms with Crippen molar-refractivity contribution in [2.45, 2.75) is 45.3 Å². The van der Waals surface area contributed by atoms with Gasteiger partial charge in [0, 0.05) is 13.7 Å². The van der Waals surface area contributed by atoms with Crippen molar-refractivity contribution >= 4 is 11.5 Å². The van der Waals surface area contributed by atoms with Crippen LogP contribution in [0.1, 0.15) is 32.9 Å². The van der Waals surface area contributed by atoms with Crippen LogP contribution in [0.15, 0.2) is 0 Å². The summed E-state index contributed by atoms with van der Waals surface area (Å²) in [5, 5.41) is 7.92. The molecule has 3 N–H and O–H groups in total. The van der Waals surface area contributed by atoms with Crippen molar-refractivity contribution in [1.82, 2.24) is 9.78 Å². The summed E-state index contributed by atoms with van der Waals surface area (Å²) in [6.45, 7) is 7.12. The molecule has 2 unspecified atom stereocenters. The van der Waals surface area contributed by atoms with Gasteiger partial charge in [-0.2, -0.15) is 5.10 Å². The predicted octanol–water partition coefficient (Wildman–Crippen LogP) is 1.54. The molecule has 0 radical (unpaired) electrons. The minimum Gasteiger partial charge on any atom is -0.394 e. The zero-order chi connectivity index (χ0) is 12.6. The summed E-state index contributed by atoms with van der Waals surface area (Å²) in [5.74, 6) is 0.904. The van der Waals surface area contributed by atoms with Crippen LogP contribution in [0.4, 0.5) is 11.5 Å². The van der Waals surface area contributed by atoms with Crippen molar-refractivity contribution < 1.29 is 4.74 Å². The second-order valence-corrected chi connectivity index (χ2v) is 4.99. The number of nitrogens with zero attached hydrogens (tertiary/aromatic N) is 2. The van der Waals surface area contributed by atoms with Gasteiger partial charge in [-0.1, -0.05) is 6.92 Å². The Morgan fingerprint density at radius 3 is 2.82 bits per heavy atom. The van der Waals surface area contributed by atoms with Crippen LogP contribution >= 0.6 is 0 Å². The monoisotopic (exact) mass is 238 g/mol. The van der Waals surface area contributed by atoms with E-state index in [0.29, 0.717) is 0 Å². The summed E-state index contributed by atoms with van der Waals surface area (Å²) >= 11 is 0. The highest BCUT2D eigenvalue weighted by atomic mass is 16.5. The van der Waals surface area contributed by atoms with E-state index in [2.05, 4.69) is 31.2 Å². The lowest BCUT2D eigenvalue weighted by atomic mass is 9.94. The Labute approximate surface area is 102 Å². The fourth-order valence-electron chi connectivity index (χ4n) is 2.27. The van der Waals surface area contributed by atoms with Crippen molar-refractivity contribution in [2.75, 3.05) is 17.7 Å². The fraction of sp³-hybridized carbons (Fsp3) is 0.750. The number of rotatable bonds is 3. The first kappa shape index (κ1) is 12.2. The molecule has 96 valence electrons. The van der Waals surface area contributed by atoms with Crippen LogP contribution < -0.4 is 11.1 Å². The number of ether oxygens (including phenoxy) is 1. The highest BCUT2D eigenvalue weighted by Crippen LogP contribution is 2.32. The number of nitrogens with one attached hydrogen (secondary N) is 1. The van der Waals surface area contributed by atoms with Gasteiger partial charge in [-0.15, -0.1) is 0 Å². The van der Waals surface area contributed by atoms with Gasteiger partial charge in [-0.05, 0) is 26.7 Å². The Morgan fingerprint density at radius 1 is 1.65 bits per heavy atom. The van der Waals surface area contributed by atoms with E-state index in [1.165, 1.54) is 0 Å². The molecule has 0 aromatic carbocycles. The molecule has 0 spiro atoms. The second-order valence-electron chi connectivity index (χ2n) is 4.99. The van der Waals surface area contributed by atoms with Gasteiger partial charge >= 0.3 is 0 Å². The molecule has 1 fully saturated rings. The molecule has 1 aromatic heterocycles. The van der Waals surface area contributed by atoms with Gasteiger partial charge in [-0.25, -0.2) is 0 Å². The lowest BCUT2D eigenvalue weighted by Gasteiger charge is -2.30. The fourth-order valence-corrected chi connectivity index (χ4v) is 2.27. The Kier molecular flexibility index (Phi) is 3.03. The minimum atomic E-state index is -0.0626. The average molecular weight is 238 g/mol. The summed E-state index contributed by atoms with van der Waals surface area (Å²) in [6, 6.07) is 0. The van der Waals surface area contributed by atoms with Gasteiger partial charge in [-0.3, -0.25) is 4.68 Å². The zero-order valence-corrected chi connectivity index (χ0v) is 11.1. The highest BCUT2D eigenvalue weighted by Gasteiger charge is 2.38. The predicted molar refractivity (Wildman–Crippen MR) is 69.1 cm³/mol. The standard InChI is InChI=1S/C12H22N4O/c1-5-9-10(13)11(16(4)15-9)14-12(3)6-7-17-8(12)2/h8,14H,5-7,13H2,1-4H3. The van der Waals surface area contributed by atoms with Crippen molar-refractivity contribution in [1.29, 1.82) is 0 Å². The molecule has 0 saturated carbocycles. The molecule has 2 rings (SSSR count). The summed E-state index contributed by atoms with van der Waals surface area (Å²) in [6.07, 6.45) is 2.02. The molecular formula is C12H22N4O. The van der Waals surface area contributed by atoms with Crippen LogP contribution in [0.3, 0.4) is 0 Å². The number of nitrogen functional groups attached to an aromatic ring is 1. The molecule has 5 heteroatoms. The molecule has 1 aliphatic rings. The third-order valence-electron chi connectivity index (χ3n) is 3.79. The van der Waals surface area contributed by atoms with Gasteiger partial charge in [0.25, 0.3) is 0 Å². The topological polar surface area (TPSA) is 65.1 Å². The lowest BCUT2D eigenvalue weighted by molar-refractivity contribution is 0.105. The summed E-state index contributed by atoms with van der Waals surface area (Å²) in [4.78, 5) is 0. The average Bonchev–Trinajstić information content (AvgIpc) is 2.74. The van der Waals surface area contributed by atoms with E-state index in [0.717, 1.165) is 36.6 Å².